The monoisotopic (exact) mass is 512 g/mol. The lowest BCUT2D eigenvalue weighted by Crippen LogP contribution is -2.42. The van der Waals surface area contributed by atoms with Crippen LogP contribution < -0.4 is 5.73 Å². The summed E-state index contributed by atoms with van der Waals surface area (Å²) in [7, 11) is 0. The molecule has 11 heteroatoms. The Morgan fingerprint density at radius 3 is 2.36 bits per heavy atom. The zero-order valence-electron chi connectivity index (χ0n) is 18.9. The van der Waals surface area contributed by atoms with Gasteiger partial charge < -0.3 is 15.7 Å². The van der Waals surface area contributed by atoms with Gasteiger partial charge in [0.25, 0.3) is 5.60 Å². The fraction of sp³-hybridized carbons (Fsp3) is 0.280. The fourth-order valence-corrected chi connectivity index (χ4v) is 4.00. The van der Waals surface area contributed by atoms with Gasteiger partial charge >= 0.3 is 12.4 Å². The number of amides is 1. The second-order valence-electron chi connectivity index (χ2n) is 8.06. The molecule has 0 saturated heterocycles. The molecule has 1 aliphatic heterocycles. The minimum atomic E-state index is -5.04. The fourth-order valence-electron chi connectivity index (χ4n) is 4.00. The summed E-state index contributed by atoms with van der Waals surface area (Å²) in [6, 6.07) is 13.2. The largest absolute Gasteiger partial charge is 0.435 e. The number of nitrogens with two attached hydrogens (primary N) is 1. The maximum atomic E-state index is 14.3. The van der Waals surface area contributed by atoms with E-state index in [1.165, 1.54) is 0 Å². The van der Waals surface area contributed by atoms with Gasteiger partial charge in [-0.15, -0.1) is 0 Å². The average Bonchev–Trinajstić information content (AvgIpc) is 3.30. The van der Waals surface area contributed by atoms with Crippen LogP contribution in [0.1, 0.15) is 48.1 Å². The van der Waals surface area contributed by atoms with Crippen molar-refractivity contribution in [2.45, 2.75) is 43.8 Å². The highest BCUT2D eigenvalue weighted by molar-refractivity contribution is 6.12. The van der Waals surface area contributed by atoms with Gasteiger partial charge in [-0.3, -0.25) is 4.79 Å². The van der Waals surface area contributed by atoms with E-state index in [0.29, 0.717) is 40.5 Å². The maximum Gasteiger partial charge on any atom is 0.435 e. The molecule has 2 atom stereocenters. The van der Waals surface area contributed by atoms with Crippen molar-refractivity contribution >= 4 is 22.9 Å². The molecule has 0 radical (unpaired) electrons. The molecule has 1 aliphatic rings. The van der Waals surface area contributed by atoms with E-state index in [9.17, 15) is 31.4 Å². The van der Waals surface area contributed by atoms with Crippen molar-refractivity contribution < 1.29 is 41.1 Å². The van der Waals surface area contributed by atoms with Gasteiger partial charge in [0.2, 0.25) is 6.41 Å². The van der Waals surface area contributed by atoms with Gasteiger partial charge in [-0.05, 0) is 47.0 Å². The highest BCUT2D eigenvalue weighted by Gasteiger charge is 2.62. The number of halogens is 6. The Hall–Kier alpha value is -3.60. The zero-order valence-corrected chi connectivity index (χ0v) is 18.9. The number of hydrogen-bond acceptors (Lipinski definition) is 4. The lowest BCUT2D eigenvalue weighted by atomic mass is 9.84. The number of carbonyl (C=O) groups is 1. The molecule has 0 aromatic heterocycles. The number of oxime groups is 1. The van der Waals surface area contributed by atoms with Crippen molar-refractivity contribution in [1.82, 2.24) is 0 Å². The van der Waals surface area contributed by atoms with Crippen LogP contribution in [0.4, 0.5) is 26.3 Å². The van der Waals surface area contributed by atoms with Crippen LogP contribution in [0.2, 0.25) is 0 Å². The Kier molecular flexibility index (Phi) is 7.63. The SMILES string of the molecule is CCC(O)c1cc(C2=NOC(c3cccc(C(F)(F)F)c3)(C(F)(F)F)C2)c2ccccc2c1.NC=O. The molecule has 3 N–H and O–H groups in total. The first-order valence-corrected chi connectivity index (χ1v) is 10.7. The van der Waals surface area contributed by atoms with Crippen LogP contribution in [-0.2, 0) is 21.4 Å². The molecular weight excluding hydrogens is 490 g/mol. The van der Waals surface area contributed by atoms with E-state index in [1.807, 2.05) is 0 Å². The van der Waals surface area contributed by atoms with Crippen molar-refractivity contribution in [3.63, 3.8) is 0 Å². The van der Waals surface area contributed by atoms with E-state index in [1.54, 1.807) is 43.3 Å². The molecule has 3 aromatic carbocycles. The Morgan fingerprint density at radius 2 is 1.75 bits per heavy atom. The first kappa shape index (κ1) is 27.0. The van der Waals surface area contributed by atoms with E-state index in [0.717, 1.165) is 12.1 Å². The average molecular weight is 512 g/mol. The zero-order chi connectivity index (χ0) is 26.7. The Labute approximate surface area is 202 Å². The van der Waals surface area contributed by atoms with Crippen LogP contribution in [-0.4, -0.2) is 23.4 Å². The highest BCUT2D eigenvalue weighted by atomic mass is 19.4. The summed E-state index contributed by atoms with van der Waals surface area (Å²) < 4.78 is 82.3. The minimum Gasteiger partial charge on any atom is -0.388 e. The third kappa shape index (κ3) is 5.15. The van der Waals surface area contributed by atoms with Crippen LogP contribution in [0.25, 0.3) is 10.8 Å². The Bertz CT molecular complexity index is 1270. The first-order valence-electron chi connectivity index (χ1n) is 10.7. The van der Waals surface area contributed by atoms with Crippen LogP contribution in [0.3, 0.4) is 0 Å². The molecule has 1 amide bonds. The molecule has 0 aliphatic carbocycles. The second-order valence-corrected chi connectivity index (χ2v) is 8.06. The van der Waals surface area contributed by atoms with Crippen molar-refractivity contribution in [3.8, 4) is 0 Å². The summed E-state index contributed by atoms with van der Waals surface area (Å²) in [6.07, 6.45) is -10.9. The Morgan fingerprint density at radius 1 is 1.08 bits per heavy atom. The number of nitrogens with zero attached hydrogens (tertiary/aromatic N) is 1. The predicted octanol–water partition coefficient (Wildman–Crippen LogP) is 5.99. The van der Waals surface area contributed by atoms with Crippen molar-refractivity contribution in [2.24, 2.45) is 10.9 Å². The minimum absolute atomic E-state index is 0.0638. The van der Waals surface area contributed by atoms with E-state index >= 15 is 0 Å². The first-order chi connectivity index (χ1) is 16.9. The molecule has 192 valence electrons. The standard InChI is InChI=1S/C24H19F6NO2.CH3NO/c1-2-21(32)15-10-14-6-3-4-9-18(14)19(11-15)20-13-22(33-31-20,24(28,29)30)16-7-5-8-17(12-16)23(25,26)27;2-1-3/h3-12,21,32H,2,13H2,1H3;1H,(H2,2,3). The van der Waals surface area contributed by atoms with E-state index in [2.05, 4.69) is 10.9 Å². The van der Waals surface area contributed by atoms with Gasteiger partial charge in [-0.2, -0.15) is 26.3 Å². The molecule has 1 heterocycles. The van der Waals surface area contributed by atoms with Gasteiger partial charge in [0.05, 0.1) is 17.4 Å². The van der Waals surface area contributed by atoms with Crippen LogP contribution in [0.5, 0.6) is 0 Å². The lowest BCUT2D eigenvalue weighted by molar-refractivity contribution is -0.276. The quantitative estimate of drug-likeness (QED) is 0.333. The van der Waals surface area contributed by atoms with Crippen molar-refractivity contribution in [1.29, 1.82) is 0 Å². The summed E-state index contributed by atoms with van der Waals surface area (Å²) >= 11 is 0. The molecule has 0 saturated carbocycles. The molecule has 3 aromatic rings. The summed E-state index contributed by atoms with van der Waals surface area (Å²) in [5.74, 6) is 0. The van der Waals surface area contributed by atoms with Gasteiger partial charge in [0.15, 0.2) is 0 Å². The van der Waals surface area contributed by atoms with Crippen molar-refractivity contribution in [3.05, 3.63) is 82.9 Å². The highest BCUT2D eigenvalue weighted by Crippen LogP contribution is 2.50. The smallest absolute Gasteiger partial charge is 0.388 e. The molecule has 2 unspecified atom stereocenters. The number of rotatable bonds is 4. The number of benzene rings is 3. The normalized spacial score (nSPS) is 18.6. The van der Waals surface area contributed by atoms with Crippen LogP contribution in [0, 0.1) is 0 Å². The van der Waals surface area contributed by atoms with Crippen LogP contribution in [0.15, 0.2) is 65.8 Å². The predicted molar refractivity (Wildman–Crippen MR) is 121 cm³/mol. The van der Waals surface area contributed by atoms with Gasteiger partial charge in [0, 0.05) is 17.5 Å². The third-order valence-corrected chi connectivity index (χ3v) is 5.81. The summed E-state index contributed by atoms with van der Waals surface area (Å²) in [6.45, 7) is 1.76. The number of aliphatic hydroxyl groups is 1. The molecule has 4 rings (SSSR count). The van der Waals surface area contributed by atoms with Crippen molar-refractivity contribution in [2.75, 3.05) is 0 Å². The lowest BCUT2D eigenvalue weighted by Gasteiger charge is -2.30. The van der Waals surface area contributed by atoms with E-state index in [4.69, 9.17) is 9.63 Å². The van der Waals surface area contributed by atoms with E-state index in [-0.39, 0.29) is 12.1 Å². The number of primary amides is 1. The molecular formula is C25H22F6N2O3. The third-order valence-electron chi connectivity index (χ3n) is 5.81. The van der Waals surface area contributed by atoms with Gasteiger partial charge in [-0.1, -0.05) is 48.5 Å². The molecule has 5 nitrogen and oxygen atoms in total. The summed E-state index contributed by atoms with van der Waals surface area (Å²) in [5, 5.41) is 15.3. The second kappa shape index (κ2) is 10.2. The molecule has 36 heavy (non-hydrogen) atoms. The number of carbonyl (C=O) groups excluding carboxylic acids is 1. The molecule has 0 bridgehead atoms. The number of alkyl halides is 6. The topological polar surface area (TPSA) is 84.9 Å². The molecule has 0 spiro atoms. The van der Waals surface area contributed by atoms with E-state index < -0.39 is 41.6 Å². The number of hydrogen-bond donors (Lipinski definition) is 2. The maximum absolute atomic E-state index is 14.3. The summed E-state index contributed by atoms with van der Waals surface area (Å²) in [5.41, 5.74) is -0.0292. The van der Waals surface area contributed by atoms with Gasteiger partial charge in [0.1, 0.15) is 0 Å². The molecule has 0 fully saturated rings. The number of fused-ring (bicyclic) bond motifs is 1. The van der Waals surface area contributed by atoms with Gasteiger partial charge in [-0.25, -0.2) is 0 Å². The summed E-state index contributed by atoms with van der Waals surface area (Å²) in [4.78, 5) is 13.5. The van der Waals surface area contributed by atoms with Crippen LogP contribution >= 0.6 is 0 Å². The number of aliphatic hydroxyl groups excluding tert-OH is 1. The Balaban J connectivity index is 0.00000115.